The number of carbonyl (C=O) groups is 4. The molecule has 0 aromatic heterocycles. The van der Waals surface area contributed by atoms with Gasteiger partial charge in [0.15, 0.2) is 0 Å². The van der Waals surface area contributed by atoms with Crippen LogP contribution in [0.1, 0.15) is 0 Å². The average Bonchev–Trinajstić information content (AvgIpc) is 2.62. The monoisotopic (exact) mass is 520 g/mol. The van der Waals surface area contributed by atoms with Gasteiger partial charge in [0.2, 0.25) is 0 Å². The van der Waals surface area contributed by atoms with Crippen LogP contribution in [-0.4, -0.2) is 75.0 Å². The van der Waals surface area contributed by atoms with E-state index in [0.29, 0.717) is 0 Å². The summed E-state index contributed by atoms with van der Waals surface area (Å²) in [5, 5.41) is 0. The zero-order valence-electron chi connectivity index (χ0n) is 15.1. The van der Waals surface area contributed by atoms with Crippen LogP contribution in [0.5, 0.6) is 0 Å². The van der Waals surface area contributed by atoms with Crippen molar-refractivity contribution in [2.24, 2.45) is 5.41 Å². The van der Waals surface area contributed by atoms with E-state index in [1.807, 2.05) is 0 Å². The van der Waals surface area contributed by atoms with Crippen molar-refractivity contribution >= 4 is 23.9 Å². The molecule has 33 heavy (non-hydrogen) atoms. The molecule has 0 bridgehead atoms. The van der Waals surface area contributed by atoms with E-state index in [2.05, 4.69) is 18.9 Å². The van der Waals surface area contributed by atoms with Crippen molar-refractivity contribution < 1.29 is 90.8 Å². The van der Waals surface area contributed by atoms with E-state index in [9.17, 15) is 71.9 Å². The van der Waals surface area contributed by atoms with E-state index in [1.54, 1.807) is 0 Å². The summed E-state index contributed by atoms with van der Waals surface area (Å²) in [7, 11) is 0. The molecule has 0 rings (SSSR count). The summed E-state index contributed by atoms with van der Waals surface area (Å²) < 4.78 is 161. The second-order valence-electron chi connectivity index (χ2n) is 5.80. The molecule has 0 saturated carbocycles. The number of esters is 4. The highest BCUT2D eigenvalue weighted by Crippen LogP contribution is 2.28. The average molecular weight is 520 g/mol. The molecule has 0 heterocycles. The third-order valence-corrected chi connectivity index (χ3v) is 2.96. The fraction of sp³-hybridized carbons (Fsp3) is 0.692. The molecular formula is C13H8F12O8. The van der Waals surface area contributed by atoms with Crippen LogP contribution in [0.2, 0.25) is 0 Å². The number of ether oxygens (including phenoxy) is 4. The number of hydrogen-bond acceptors (Lipinski definition) is 8. The Balaban J connectivity index is 6.00. The molecule has 0 aromatic carbocycles. The normalized spacial score (nSPS) is 13.2. The maximum Gasteiger partial charge on any atom is 0.490 e. The summed E-state index contributed by atoms with van der Waals surface area (Å²) in [6.45, 7) is -8.36. The van der Waals surface area contributed by atoms with Gasteiger partial charge in [0.1, 0.15) is 31.8 Å². The van der Waals surface area contributed by atoms with Crippen LogP contribution in [0.15, 0.2) is 0 Å². The molecule has 0 radical (unpaired) electrons. The Labute approximate surface area is 172 Å². The quantitative estimate of drug-likeness (QED) is 0.273. The Bertz CT molecular complexity index is 608. The van der Waals surface area contributed by atoms with Crippen molar-refractivity contribution in [3.63, 3.8) is 0 Å². The second-order valence-corrected chi connectivity index (χ2v) is 5.80. The summed E-state index contributed by atoms with van der Waals surface area (Å²) >= 11 is 0. The van der Waals surface area contributed by atoms with Crippen LogP contribution in [0.3, 0.4) is 0 Å². The first kappa shape index (κ1) is 30.0. The highest BCUT2D eigenvalue weighted by atomic mass is 19.4. The van der Waals surface area contributed by atoms with Gasteiger partial charge in [0, 0.05) is 0 Å². The molecule has 192 valence electrons. The van der Waals surface area contributed by atoms with Crippen LogP contribution in [-0.2, 0) is 38.1 Å². The van der Waals surface area contributed by atoms with E-state index in [1.165, 1.54) is 0 Å². The van der Waals surface area contributed by atoms with Crippen LogP contribution < -0.4 is 0 Å². The molecule has 0 fully saturated rings. The second kappa shape index (κ2) is 10.3. The molecule has 0 aromatic rings. The van der Waals surface area contributed by atoms with Crippen LogP contribution in [0, 0.1) is 5.41 Å². The number of alkyl halides is 12. The molecule has 20 heteroatoms. The van der Waals surface area contributed by atoms with Gasteiger partial charge in [-0.15, -0.1) is 0 Å². The number of hydrogen-bond donors (Lipinski definition) is 0. The Hall–Kier alpha value is -2.96. The fourth-order valence-corrected chi connectivity index (χ4v) is 1.45. The van der Waals surface area contributed by atoms with Gasteiger partial charge >= 0.3 is 48.6 Å². The summed E-state index contributed by atoms with van der Waals surface area (Å²) in [6, 6.07) is 0. The van der Waals surface area contributed by atoms with Gasteiger partial charge in [0.25, 0.3) is 0 Å². The van der Waals surface area contributed by atoms with Crippen molar-refractivity contribution in [1.29, 1.82) is 0 Å². The van der Waals surface area contributed by atoms with Crippen molar-refractivity contribution in [2.75, 3.05) is 26.4 Å². The maximum atomic E-state index is 12.3. The lowest BCUT2D eigenvalue weighted by atomic mass is 9.92. The Morgan fingerprint density at radius 2 is 0.545 bits per heavy atom. The zero-order valence-corrected chi connectivity index (χ0v) is 15.1. The first-order valence-corrected chi connectivity index (χ1v) is 7.47. The fourth-order valence-electron chi connectivity index (χ4n) is 1.45. The van der Waals surface area contributed by atoms with E-state index in [0.717, 1.165) is 0 Å². The number of halogens is 12. The van der Waals surface area contributed by atoms with Gasteiger partial charge in [0.05, 0.1) is 0 Å². The summed E-state index contributed by atoms with van der Waals surface area (Å²) in [5.41, 5.74) is -3.27. The van der Waals surface area contributed by atoms with Gasteiger partial charge in [-0.3, -0.25) is 0 Å². The Morgan fingerprint density at radius 3 is 0.667 bits per heavy atom. The van der Waals surface area contributed by atoms with E-state index < -0.39 is 80.4 Å². The van der Waals surface area contributed by atoms with E-state index in [-0.39, 0.29) is 0 Å². The molecule has 0 aliphatic heterocycles. The minimum atomic E-state index is -5.82. The molecule has 0 unspecified atom stereocenters. The third kappa shape index (κ3) is 10.5. The molecular weight excluding hydrogens is 512 g/mol. The largest absolute Gasteiger partial charge is 0.490 e. The van der Waals surface area contributed by atoms with Crippen molar-refractivity contribution in [3.8, 4) is 0 Å². The smallest absolute Gasteiger partial charge is 0.458 e. The van der Waals surface area contributed by atoms with Crippen LogP contribution in [0.4, 0.5) is 52.7 Å². The van der Waals surface area contributed by atoms with Gasteiger partial charge < -0.3 is 18.9 Å². The molecule has 0 atom stereocenters. The third-order valence-electron chi connectivity index (χ3n) is 2.96. The minimum Gasteiger partial charge on any atom is -0.458 e. The Kier molecular flexibility index (Phi) is 9.39. The summed E-state index contributed by atoms with van der Waals surface area (Å²) in [4.78, 5) is 43.2. The molecule has 0 spiro atoms. The molecule has 0 amide bonds. The molecule has 0 saturated heterocycles. The van der Waals surface area contributed by atoms with Crippen molar-refractivity contribution in [1.82, 2.24) is 0 Å². The van der Waals surface area contributed by atoms with Crippen molar-refractivity contribution in [2.45, 2.75) is 24.7 Å². The first-order valence-electron chi connectivity index (χ1n) is 7.47. The molecule has 0 N–H and O–H groups in total. The van der Waals surface area contributed by atoms with Gasteiger partial charge in [-0.1, -0.05) is 0 Å². The zero-order chi connectivity index (χ0) is 26.5. The van der Waals surface area contributed by atoms with Crippen molar-refractivity contribution in [3.05, 3.63) is 0 Å². The molecule has 0 aliphatic rings. The summed E-state index contributed by atoms with van der Waals surface area (Å²) in [6.07, 6.45) is -23.3. The van der Waals surface area contributed by atoms with E-state index in [4.69, 9.17) is 0 Å². The van der Waals surface area contributed by atoms with Gasteiger partial charge in [-0.2, -0.15) is 52.7 Å². The first-order chi connectivity index (χ1) is 14.5. The summed E-state index contributed by atoms with van der Waals surface area (Å²) in [5.74, 6) is -12.6. The lowest BCUT2D eigenvalue weighted by Gasteiger charge is -2.31. The van der Waals surface area contributed by atoms with Crippen LogP contribution >= 0.6 is 0 Å². The van der Waals surface area contributed by atoms with Gasteiger partial charge in [-0.25, -0.2) is 19.2 Å². The van der Waals surface area contributed by atoms with Gasteiger partial charge in [-0.05, 0) is 0 Å². The molecule has 8 nitrogen and oxygen atoms in total. The maximum absolute atomic E-state index is 12.3. The number of rotatable bonds is 8. The van der Waals surface area contributed by atoms with Crippen LogP contribution in [0.25, 0.3) is 0 Å². The topological polar surface area (TPSA) is 105 Å². The lowest BCUT2D eigenvalue weighted by Crippen LogP contribution is -2.47. The highest BCUT2D eigenvalue weighted by Gasteiger charge is 2.50. The minimum absolute atomic E-state index is 2.09. The SMILES string of the molecule is O=C(OCC(COC(=O)C(F)(F)F)(COC(=O)C(F)(F)F)COC(=O)C(F)(F)F)C(F)(F)F. The predicted octanol–water partition coefficient (Wildman–Crippen LogP) is 2.39. The number of carbonyl (C=O) groups excluding carboxylic acids is 4. The molecule has 0 aliphatic carbocycles. The lowest BCUT2D eigenvalue weighted by molar-refractivity contribution is -0.224. The Morgan fingerprint density at radius 1 is 0.394 bits per heavy atom. The standard InChI is InChI=1S/C13H8F12O8/c14-10(15,16)5(26)30-1-9(2-31-6(27)11(17,18)19,3-32-7(28)12(20,21)22)4-33-8(29)13(23,24)25/h1-4H2. The highest BCUT2D eigenvalue weighted by molar-refractivity contribution is 5.77. The predicted molar refractivity (Wildman–Crippen MR) is 70.5 cm³/mol. The van der Waals surface area contributed by atoms with E-state index >= 15 is 0 Å².